The molecule has 134 valence electrons. The van der Waals surface area contributed by atoms with E-state index in [0.717, 1.165) is 63.2 Å². The van der Waals surface area contributed by atoms with Crippen LogP contribution in [-0.2, 0) is 11.2 Å². The van der Waals surface area contributed by atoms with Crippen molar-refractivity contribution >= 4 is 11.9 Å². The molecule has 0 unspecified atom stereocenters. The molecule has 2 fully saturated rings. The smallest absolute Gasteiger partial charge is 0.317 e. The third kappa shape index (κ3) is 3.23. The van der Waals surface area contributed by atoms with Crippen molar-refractivity contribution in [1.82, 2.24) is 15.1 Å². The molecule has 3 aliphatic heterocycles. The number of amides is 3. The van der Waals surface area contributed by atoms with Crippen LogP contribution in [0.15, 0.2) is 24.3 Å². The standard InChI is InChI=1S/C19H25N3O3/c23-17-16-4-2-1-3-15(16)5-9-21(17)11-8-20-18(24)22-10-6-19(13-22)7-12-25-14-19/h1-4H,5-14H2,(H,20,24)/t19-/m1/s1. The van der Waals surface area contributed by atoms with E-state index >= 15 is 0 Å². The van der Waals surface area contributed by atoms with Gasteiger partial charge in [-0.25, -0.2) is 4.79 Å². The maximum Gasteiger partial charge on any atom is 0.317 e. The minimum absolute atomic E-state index is 0.0198. The van der Waals surface area contributed by atoms with Gasteiger partial charge in [-0.1, -0.05) is 18.2 Å². The van der Waals surface area contributed by atoms with E-state index in [0.29, 0.717) is 13.1 Å². The Morgan fingerprint density at radius 3 is 2.96 bits per heavy atom. The van der Waals surface area contributed by atoms with Crippen molar-refractivity contribution in [2.75, 3.05) is 45.9 Å². The molecule has 0 saturated carbocycles. The number of nitrogens with one attached hydrogen (secondary N) is 1. The van der Waals surface area contributed by atoms with E-state index in [1.54, 1.807) is 0 Å². The molecule has 0 bridgehead atoms. The molecule has 3 aliphatic rings. The van der Waals surface area contributed by atoms with Crippen LogP contribution in [0, 0.1) is 5.41 Å². The molecule has 6 heteroatoms. The monoisotopic (exact) mass is 343 g/mol. The highest BCUT2D eigenvalue weighted by atomic mass is 16.5. The summed E-state index contributed by atoms with van der Waals surface area (Å²) in [5.74, 6) is 0.0688. The number of likely N-dealkylation sites (tertiary alicyclic amines) is 1. The summed E-state index contributed by atoms with van der Waals surface area (Å²) in [6.45, 7) is 4.94. The summed E-state index contributed by atoms with van der Waals surface area (Å²) >= 11 is 0. The van der Waals surface area contributed by atoms with Gasteiger partial charge in [0.1, 0.15) is 0 Å². The first-order chi connectivity index (χ1) is 12.2. The van der Waals surface area contributed by atoms with Crippen LogP contribution in [0.3, 0.4) is 0 Å². The van der Waals surface area contributed by atoms with Crippen molar-refractivity contribution in [1.29, 1.82) is 0 Å². The Labute approximate surface area is 148 Å². The molecule has 6 nitrogen and oxygen atoms in total. The number of ether oxygens (including phenoxy) is 1. The van der Waals surface area contributed by atoms with Crippen molar-refractivity contribution in [2.45, 2.75) is 19.3 Å². The van der Waals surface area contributed by atoms with Crippen molar-refractivity contribution < 1.29 is 14.3 Å². The van der Waals surface area contributed by atoms with E-state index in [9.17, 15) is 9.59 Å². The molecule has 25 heavy (non-hydrogen) atoms. The van der Waals surface area contributed by atoms with Crippen LogP contribution in [-0.4, -0.2) is 67.7 Å². The van der Waals surface area contributed by atoms with Crippen LogP contribution >= 0.6 is 0 Å². The highest BCUT2D eigenvalue weighted by Gasteiger charge is 2.42. The fraction of sp³-hybridized carbons (Fsp3) is 0.579. The number of urea groups is 1. The molecular weight excluding hydrogens is 318 g/mol. The number of rotatable bonds is 3. The lowest BCUT2D eigenvalue weighted by atomic mass is 9.87. The van der Waals surface area contributed by atoms with Gasteiger partial charge in [0.25, 0.3) is 5.91 Å². The summed E-state index contributed by atoms with van der Waals surface area (Å²) in [6, 6.07) is 7.75. The van der Waals surface area contributed by atoms with Gasteiger partial charge in [0.15, 0.2) is 0 Å². The van der Waals surface area contributed by atoms with Crippen LogP contribution in [0.4, 0.5) is 4.79 Å². The number of benzene rings is 1. The second-order valence-corrected chi connectivity index (χ2v) is 7.41. The van der Waals surface area contributed by atoms with E-state index in [2.05, 4.69) is 5.32 Å². The van der Waals surface area contributed by atoms with E-state index in [1.165, 1.54) is 0 Å². The summed E-state index contributed by atoms with van der Waals surface area (Å²) in [5, 5.41) is 2.98. The second kappa shape index (κ2) is 6.67. The zero-order valence-electron chi connectivity index (χ0n) is 14.5. The number of hydrogen-bond acceptors (Lipinski definition) is 3. The quantitative estimate of drug-likeness (QED) is 0.905. The number of carbonyl (C=O) groups excluding carboxylic acids is 2. The summed E-state index contributed by atoms with van der Waals surface area (Å²) in [6.07, 6.45) is 2.96. The molecule has 3 heterocycles. The van der Waals surface area contributed by atoms with Crippen molar-refractivity contribution in [3.8, 4) is 0 Å². The third-order valence-electron chi connectivity index (χ3n) is 5.75. The summed E-state index contributed by atoms with van der Waals surface area (Å²) in [5.41, 5.74) is 2.10. The van der Waals surface area contributed by atoms with Gasteiger partial charge in [-0.05, 0) is 30.9 Å². The van der Waals surface area contributed by atoms with Crippen molar-refractivity contribution in [2.24, 2.45) is 5.41 Å². The maximum atomic E-state index is 12.5. The summed E-state index contributed by atoms with van der Waals surface area (Å²) in [4.78, 5) is 28.6. The molecule has 0 aliphatic carbocycles. The van der Waals surface area contributed by atoms with Crippen LogP contribution in [0.25, 0.3) is 0 Å². The van der Waals surface area contributed by atoms with E-state index in [-0.39, 0.29) is 17.4 Å². The molecule has 1 atom stereocenters. The van der Waals surface area contributed by atoms with Gasteiger partial charge in [0, 0.05) is 50.3 Å². The lowest BCUT2D eigenvalue weighted by Crippen LogP contribution is -2.45. The van der Waals surface area contributed by atoms with E-state index < -0.39 is 0 Å². The van der Waals surface area contributed by atoms with Gasteiger partial charge < -0.3 is 19.9 Å². The van der Waals surface area contributed by atoms with Crippen LogP contribution in [0.5, 0.6) is 0 Å². The van der Waals surface area contributed by atoms with Crippen molar-refractivity contribution in [3.05, 3.63) is 35.4 Å². The Morgan fingerprint density at radius 1 is 1.24 bits per heavy atom. The normalized spacial score (nSPS) is 25.5. The largest absolute Gasteiger partial charge is 0.381 e. The molecule has 3 amide bonds. The molecule has 1 aromatic carbocycles. The number of carbonyl (C=O) groups is 2. The molecule has 0 radical (unpaired) electrons. The topological polar surface area (TPSA) is 61.9 Å². The third-order valence-corrected chi connectivity index (χ3v) is 5.75. The van der Waals surface area contributed by atoms with Crippen LogP contribution in [0.2, 0.25) is 0 Å². The van der Waals surface area contributed by atoms with Gasteiger partial charge in [-0.15, -0.1) is 0 Å². The zero-order valence-corrected chi connectivity index (χ0v) is 14.5. The Morgan fingerprint density at radius 2 is 2.12 bits per heavy atom. The number of nitrogens with zero attached hydrogens (tertiary/aromatic N) is 2. The Hall–Kier alpha value is -2.08. The predicted molar refractivity (Wildman–Crippen MR) is 93.5 cm³/mol. The van der Waals surface area contributed by atoms with Gasteiger partial charge in [0.2, 0.25) is 0 Å². The molecule has 0 aromatic heterocycles. The van der Waals surface area contributed by atoms with Gasteiger partial charge in [0.05, 0.1) is 6.61 Å². The summed E-state index contributed by atoms with van der Waals surface area (Å²) < 4.78 is 5.51. The molecule has 1 spiro atoms. The zero-order chi connectivity index (χ0) is 17.3. The first-order valence-electron chi connectivity index (χ1n) is 9.15. The van der Waals surface area contributed by atoms with Gasteiger partial charge >= 0.3 is 6.03 Å². The fourth-order valence-corrected chi connectivity index (χ4v) is 4.18. The van der Waals surface area contributed by atoms with E-state index in [1.807, 2.05) is 34.1 Å². The highest BCUT2D eigenvalue weighted by Crippen LogP contribution is 2.38. The minimum atomic E-state index is -0.0198. The predicted octanol–water partition coefficient (Wildman–Crippen LogP) is 1.51. The lowest BCUT2D eigenvalue weighted by molar-refractivity contribution is 0.0740. The fourth-order valence-electron chi connectivity index (χ4n) is 4.18. The molecule has 1 aromatic rings. The van der Waals surface area contributed by atoms with Crippen LogP contribution in [0.1, 0.15) is 28.8 Å². The molecule has 4 rings (SSSR count). The van der Waals surface area contributed by atoms with Gasteiger partial charge in [-0.3, -0.25) is 4.79 Å². The van der Waals surface area contributed by atoms with Crippen molar-refractivity contribution in [3.63, 3.8) is 0 Å². The second-order valence-electron chi connectivity index (χ2n) is 7.41. The average Bonchev–Trinajstić information content (AvgIpc) is 3.27. The first-order valence-corrected chi connectivity index (χ1v) is 9.15. The van der Waals surface area contributed by atoms with E-state index in [4.69, 9.17) is 4.74 Å². The number of fused-ring (bicyclic) bond motifs is 1. The Kier molecular flexibility index (Phi) is 4.37. The number of hydrogen-bond donors (Lipinski definition) is 1. The SMILES string of the molecule is O=C(NCCN1CCc2ccccc2C1=O)N1CC[C@@]2(CCOC2)C1. The average molecular weight is 343 g/mol. The van der Waals surface area contributed by atoms with Gasteiger partial charge in [-0.2, -0.15) is 0 Å². The molecule has 2 saturated heterocycles. The maximum absolute atomic E-state index is 12.5. The Balaban J connectivity index is 1.26. The Bertz CT molecular complexity index is 670. The molecule has 1 N–H and O–H groups in total. The first kappa shape index (κ1) is 16.4. The van der Waals surface area contributed by atoms with Crippen LogP contribution < -0.4 is 5.32 Å². The minimum Gasteiger partial charge on any atom is -0.381 e. The summed E-state index contributed by atoms with van der Waals surface area (Å²) in [7, 11) is 0. The lowest BCUT2D eigenvalue weighted by Gasteiger charge is -2.29. The molecular formula is C19H25N3O3. The highest BCUT2D eigenvalue weighted by molar-refractivity contribution is 5.96.